The van der Waals surface area contributed by atoms with Crippen molar-refractivity contribution in [2.45, 2.75) is 6.10 Å². The number of aliphatic hydroxyl groups is 1. The Morgan fingerprint density at radius 3 is 3.28 bits per heavy atom. The van der Waals surface area contributed by atoms with Gasteiger partial charge in [-0.1, -0.05) is 22.9 Å². The number of nitrogens with zero attached hydrogens (tertiary/aromatic N) is 2. The lowest BCUT2D eigenvalue weighted by atomic mass is 10.3. The van der Waals surface area contributed by atoms with Crippen LogP contribution in [0.25, 0.3) is 10.2 Å². The maximum Gasteiger partial charge on any atom is 0.186 e. The van der Waals surface area contributed by atoms with Crippen LogP contribution in [0.5, 0.6) is 0 Å². The van der Waals surface area contributed by atoms with Crippen LogP contribution < -0.4 is 4.90 Å². The fourth-order valence-corrected chi connectivity index (χ4v) is 3.26. The molecule has 2 heterocycles. The Balaban J connectivity index is 1.93. The number of ether oxygens (including phenoxy) is 1. The zero-order valence-electron chi connectivity index (χ0n) is 9.67. The third-order valence-electron chi connectivity index (χ3n) is 2.86. The molecule has 0 radical (unpaired) electrons. The van der Waals surface area contributed by atoms with Gasteiger partial charge in [-0.15, -0.1) is 0 Å². The summed E-state index contributed by atoms with van der Waals surface area (Å²) in [7, 11) is 0. The van der Waals surface area contributed by atoms with Crippen LogP contribution in [0.4, 0.5) is 5.13 Å². The Labute approximate surface area is 114 Å². The molecule has 0 amide bonds. The lowest BCUT2D eigenvalue weighted by Crippen LogP contribution is -2.32. The number of halogens is 1. The number of rotatable bonds is 1. The van der Waals surface area contributed by atoms with Crippen molar-refractivity contribution in [3.63, 3.8) is 0 Å². The third kappa shape index (κ3) is 2.44. The second-order valence-electron chi connectivity index (χ2n) is 4.28. The standard InChI is InChI=1S/C12H13ClN2O2S/c13-8-1-2-10-11(5-8)18-12(14-10)15-3-4-17-7-9(16)6-15/h1-2,5,9,16H,3-4,6-7H2/t9-/m0/s1. The Morgan fingerprint density at radius 2 is 2.39 bits per heavy atom. The van der Waals surface area contributed by atoms with E-state index in [-0.39, 0.29) is 0 Å². The molecule has 1 fully saturated rings. The minimum Gasteiger partial charge on any atom is -0.389 e. The van der Waals surface area contributed by atoms with Crippen LogP contribution in [0.1, 0.15) is 0 Å². The minimum absolute atomic E-state index is 0.396. The van der Waals surface area contributed by atoms with Gasteiger partial charge in [0.1, 0.15) is 0 Å². The predicted octanol–water partition coefficient (Wildman–Crippen LogP) is 2.15. The summed E-state index contributed by atoms with van der Waals surface area (Å²) in [6.45, 7) is 2.33. The molecule has 0 saturated carbocycles. The SMILES string of the molecule is O[C@@H]1COCCN(c2nc3ccc(Cl)cc3s2)C1. The summed E-state index contributed by atoms with van der Waals surface area (Å²) in [5.41, 5.74) is 0.944. The fourth-order valence-electron chi connectivity index (χ4n) is 1.99. The topological polar surface area (TPSA) is 45.6 Å². The quantitative estimate of drug-likeness (QED) is 0.872. The van der Waals surface area contributed by atoms with Crippen molar-refractivity contribution in [1.29, 1.82) is 0 Å². The molecule has 0 aliphatic carbocycles. The lowest BCUT2D eigenvalue weighted by molar-refractivity contribution is 0.0597. The van der Waals surface area contributed by atoms with E-state index in [1.807, 2.05) is 18.2 Å². The number of fused-ring (bicyclic) bond motifs is 1. The average Bonchev–Trinajstić information content (AvgIpc) is 2.63. The average molecular weight is 285 g/mol. The molecule has 1 N–H and O–H groups in total. The van der Waals surface area contributed by atoms with Gasteiger partial charge in [-0.2, -0.15) is 0 Å². The molecule has 0 bridgehead atoms. The summed E-state index contributed by atoms with van der Waals surface area (Å²) in [6.07, 6.45) is -0.455. The first kappa shape index (κ1) is 12.2. The van der Waals surface area contributed by atoms with Crippen LogP contribution in [-0.4, -0.2) is 42.5 Å². The van der Waals surface area contributed by atoms with E-state index >= 15 is 0 Å². The van der Waals surface area contributed by atoms with Crippen LogP contribution in [0.3, 0.4) is 0 Å². The van der Waals surface area contributed by atoms with Crippen molar-refractivity contribution >= 4 is 38.3 Å². The van der Waals surface area contributed by atoms with Gasteiger partial charge in [-0.25, -0.2) is 4.98 Å². The Kier molecular flexibility index (Phi) is 3.39. The Hall–Kier alpha value is -0.880. The van der Waals surface area contributed by atoms with Gasteiger partial charge in [-0.05, 0) is 18.2 Å². The molecule has 0 unspecified atom stereocenters. The summed E-state index contributed by atoms with van der Waals surface area (Å²) < 4.78 is 6.38. The third-order valence-corrected chi connectivity index (χ3v) is 4.17. The lowest BCUT2D eigenvalue weighted by Gasteiger charge is -2.19. The zero-order valence-corrected chi connectivity index (χ0v) is 11.2. The van der Waals surface area contributed by atoms with E-state index in [1.165, 1.54) is 0 Å². The van der Waals surface area contributed by atoms with E-state index in [0.717, 1.165) is 26.9 Å². The predicted molar refractivity (Wildman–Crippen MR) is 73.7 cm³/mol. The molecule has 1 aromatic carbocycles. The second-order valence-corrected chi connectivity index (χ2v) is 5.73. The van der Waals surface area contributed by atoms with Gasteiger partial charge < -0.3 is 14.7 Å². The first-order valence-electron chi connectivity index (χ1n) is 5.79. The Morgan fingerprint density at radius 1 is 1.50 bits per heavy atom. The smallest absolute Gasteiger partial charge is 0.186 e. The molecule has 2 aromatic rings. The first-order chi connectivity index (χ1) is 8.72. The van der Waals surface area contributed by atoms with Gasteiger partial charge in [-0.3, -0.25) is 0 Å². The van der Waals surface area contributed by atoms with Crippen LogP contribution in [0.15, 0.2) is 18.2 Å². The largest absolute Gasteiger partial charge is 0.389 e. The van der Waals surface area contributed by atoms with Gasteiger partial charge in [0.05, 0.1) is 29.5 Å². The molecule has 18 heavy (non-hydrogen) atoms. The van der Waals surface area contributed by atoms with E-state index < -0.39 is 6.10 Å². The maximum absolute atomic E-state index is 9.73. The number of aromatic nitrogens is 1. The van der Waals surface area contributed by atoms with Crippen molar-refractivity contribution in [2.75, 3.05) is 31.2 Å². The van der Waals surface area contributed by atoms with E-state index in [9.17, 15) is 5.11 Å². The van der Waals surface area contributed by atoms with Crippen molar-refractivity contribution in [3.05, 3.63) is 23.2 Å². The summed E-state index contributed by atoms with van der Waals surface area (Å²) >= 11 is 7.56. The second kappa shape index (κ2) is 5.01. The number of benzene rings is 1. The van der Waals surface area contributed by atoms with Gasteiger partial charge >= 0.3 is 0 Å². The molecule has 3 rings (SSSR count). The number of hydrogen-bond donors (Lipinski definition) is 1. The number of anilines is 1. The van der Waals surface area contributed by atoms with Crippen LogP contribution in [0.2, 0.25) is 5.02 Å². The highest BCUT2D eigenvalue weighted by Gasteiger charge is 2.19. The van der Waals surface area contributed by atoms with Gasteiger partial charge in [0.2, 0.25) is 0 Å². The van der Waals surface area contributed by atoms with E-state index in [4.69, 9.17) is 16.3 Å². The van der Waals surface area contributed by atoms with Crippen molar-refractivity contribution < 1.29 is 9.84 Å². The first-order valence-corrected chi connectivity index (χ1v) is 6.99. The van der Waals surface area contributed by atoms with Crippen molar-refractivity contribution in [1.82, 2.24) is 4.98 Å². The van der Waals surface area contributed by atoms with Gasteiger partial charge in [0.25, 0.3) is 0 Å². The fraction of sp³-hybridized carbons (Fsp3) is 0.417. The summed E-state index contributed by atoms with van der Waals surface area (Å²) in [4.78, 5) is 6.64. The minimum atomic E-state index is -0.455. The molecule has 1 aliphatic heterocycles. The van der Waals surface area contributed by atoms with Crippen LogP contribution in [-0.2, 0) is 4.74 Å². The van der Waals surface area contributed by atoms with E-state index in [1.54, 1.807) is 11.3 Å². The molecule has 4 nitrogen and oxygen atoms in total. The number of hydrogen-bond acceptors (Lipinski definition) is 5. The normalized spacial score (nSPS) is 21.2. The van der Waals surface area contributed by atoms with Gasteiger partial charge in [0, 0.05) is 18.1 Å². The monoisotopic (exact) mass is 284 g/mol. The Bertz CT molecular complexity index is 560. The molecular weight excluding hydrogens is 272 g/mol. The molecule has 0 spiro atoms. The highest BCUT2D eigenvalue weighted by molar-refractivity contribution is 7.22. The molecule has 6 heteroatoms. The van der Waals surface area contributed by atoms with E-state index in [0.29, 0.717) is 19.8 Å². The highest BCUT2D eigenvalue weighted by Crippen LogP contribution is 2.31. The zero-order chi connectivity index (χ0) is 12.5. The van der Waals surface area contributed by atoms with Crippen molar-refractivity contribution in [3.8, 4) is 0 Å². The maximum atomic E-state index is 9.73. The molecule has 96 valence electrons. The molecule has 1 aliphatic rings. The number of thiazole rings is 1. The molecule has 1 saturated heterocycles. The summed E-state index contributed by atoms with van der Waals surface area (Å²) in [5.74, 6) is 0. The molecule has 1 atom stereocenters. The van der Waals surface area contributed by atoms with E-state index in [2.05, 4.69) is 9.88 Å². The molecule has 1 aromatic heterocycles. The van der Waals surface area contributed by atoms with Gasteiger partial charge in [0.15, 0.2) is 5.13 Å². The number of aliphatic hydroxyl groups excluding tert-OH is 1. The van der Waals surface area contributed by atoms with Crippen LogP contribution in [0, 0.1) is 0 Å². The molecular formula is C12H13ClN2O2S. The van der Waals surface area contributed by atoms with Crippen molar-refractivity contribution in [2.24, 2.45) is 0 Å². The van der Waals surface area contributed by atoms with Crippen LogP contribution >= 0.6 is 22.9 Å². The highest BCUT2D eigenvalue weighted by atomic mass is 35.5. The number of β-amino-alcohol motifs (C(OH)–C–C–N with tert-alkyl or cyclic N) is 1. The summed E-state index contributed by atoms with van der Waals surface area (Å²) in [5, 5.41) is 11.4. The summed E-state index contributed by atoms with van der Waals surface area (Å²) in [6, 6.07) is 5.68.